The van der Waals surface area contributed by atoms with Crippen molar-refractivity contribution in [1.29, 1.82) is 0 Å². The molecule has 0 aliphatic rings. The van der Waals surface area contributed by atoms with Crippen molar-refractivity contribution in [3.63, 3.8) is 0 Å². The van der Waals surface area contributed by atoms with Crippen LogP contribution in [0.5, 0.6) is 0 Å². The molecule has 0 aliphatic carbocycles. The van der Waals surface area contributed by atoms with E-state index >= 15 is 0 Å². The van der Waals surface area contributed by atoms with Gasteiger partial charge in [0, 0.05) is 0 Å². The summed E-state index contributed by atoms with van der Waals surface area (Å²) < 4.78 is 0. The molecule has 0 aliphatic heterocycles. The summed E-state index contributed by atoms with van der Waals surface area (Å²) in [6, 6.07) is 0. The Morgan fingerprint density at radius 2 is 0.524 bits per heavy atom. The van der Waals surface area contributed by atoms with E-state index in [-0.39, 0.29) is 50.3 Å². The molecule has 0 aromatic carbocycles. The van der Waals surface area contributed by atoms with Gasteiger partial charge in [-0.3, -0.25) is 0 Å². The third-order valence-electron chi connectivity index (χ3n) is 2.36. The van der Waals surface area contributed by atoms with Gasteiger partial charge in [0.1, 0.15) is 0 Å². The number of hydrogen-bond donors (Lipinski definition) is 4. The topological polar surface area (TPSA) is 80.9 Å². The zero-order valence-corrected chi connectivity index (χ0v) is 14.9. The molecule has 4 atom stereocenters. The van der Waals surface area contributed by atoms with Crippen LogP contribution in [0.4, 0.5) is 0 Å². The first kappa shape index (κ1) is 33.3. The second kappa shape index (κ2) is 28.8. The van der Waals surface area contributed by atoms with E-state index in [1.165, 1.54) is 0 Å². The molecule has 0 saturated heterocycles. The average molecular weight is 414 g/mol. The fourth-order valence-corrected chi connectivity index (χ4v) is 0. The van der Waals surface area contributed by atoms with Gasteiger partial charge in [-0.05, 0) is 53.4 Å². The molecular weight excluding hydrogens is 371 g/mol. The van der Waals surface area contributed by atoms with Crippen molar-refractivity contribution in [3.05, 3.63) is 0 Å². The molecule has 0 heterocycles. The second-order valence-corrected chi connectivity index (χ2v) is 5.03. The number of aliphatic hydroxyl groups is 4. The van der Waals surface area contributed by atoms with Crippen LogP contribution in [0.3, 0.4) is 0 Å². The Morgan fingerprint density at radius 3 is 0.524 bits per heavy atom. The molecule has 4 nitrogen and oxygen atoms in total. The van der Waals surface area contributed by atoms with E-state index in [2.05, 4.69) is 0 Å². The van der Waals surface area contributed by atoms with Crippen LogP contribution in [0.15, 0.2) is 0 Å². The zero-order chi connectivity index (χ0) is 17.1. The van der Waals surface area contributed by atoms with Gasteiger partial charge in [-0.2, -0.15) is 0 Å². The van der Waals surface area contributed by atoms with E-state index in [1.807, 2.05) is 27.7 Å². The number of hydrogen-bond acceptors (Lipinski definition) is 4. The fourth-order valence-electron chi connectivity index (χ4n) is 0. The van der Waals surface area contributed by atoms with E-state index in [0.29, 0.717) is 0 Å². The summed E-state index contributed by atoms with van der Waals surface area (Å²) in [5.74, 6) is 0. The van der Waals surface area contributed by atoms with E-state index in [1.54, 1.807) is 27.7 Å². The first-order valence-corrected chi connectivity index (χ1v) is 7.80. The summed E-state index contributed by atoms with van der Waals surface area (Å²) >= 11 is 0. The SMILES string of the molecule is CCC(C)O.CCC(C)O.CCC(C)O.CCC(C)O.[InH3]. The molecule has 0 saturated carbocycles. The molecule has 0 radical (unpaired) electrons. The van der Waals surface area contributed by atoms with Gasteiger partial charge in [0.15, 0.2) is 0 Å². The first-order valence-electron chi connectivity index (χ1n) is 7.80. The standard InChI is InChI=1S/4C4H10O.In.3H/c4*1-3-4(2)5;;;;/h4*4-5H,3H2,1-2H3;;;;. The number of rotatable bonds is 4. The summed E-state index contributed by atoms with van der Waals surface area (Å²) in [7, 11) is 0. The Bertz CT molecular complexity index is 108. The van der Waals surface area contributed by atoms with Crippen molar-refractivity contribution in [1.82, 2.24) is 0 Å². The van der Waals surface area contributed by atoms with Gasteiger partial charge < -0.3 is 20.4 Å². The Hall–Kier alpha value is 0.710. The third kappa shape index (κ3) is 95.6. The zero-order valence-electron chi connectivity index (χ0n) is 14.9. The van der Waals surface area contributed by atoms with E-state index < -0.39 is 0 Å². The van der Waals surface area contributed by atoms with Crippen molar-refractivity contribution in [3.8, 4) is 0 Å². The minimum atomic E-state index is -0.116. The summed E-state index contributed by atoms with van der Waals surface area (Å²) in [6.07, 6.45) is 2.98. The summed E-state index contributed by atoms with van der Waals surface area (Å²) in [5, 5.41) is 33.4. The van der Waals surface area contributed by atoms with Gasteiger partial charge in [0.05, 0.1) is 24.4 Å². The Morgan fingerprint density at radius 1 is 0.476 bits per heavy atom. The molecule has 0 bridgehead atoms. The minimum absolute atomic E-state index is 0. The molecule has 0 amide bonds. The van der Waals surface area contributed by atoms with Crippen LogP contribution in [0.25, 0.3) is 0 Å². The van der Waals surface area contributed by atoms with Gasteiger partial charge in [-0.1, -0.05) is 27.7 Å². The molecule has 21 heavy (non-hydrogen) atoms. The van der Waals surface area contributed by atoms with E-state index in [9.17, 15) is 0 Å². The molecule has 5 heteroatoms. The van der Waals surface area contributed by atoms with Crippen LogP contribution in [0.1, 0.15) is 81.1 Å². The van der Waals surface area contributed by atoms with Gasteiger partial charge in [-0.25, -0.2) is 0 Å². The van der Waals surface area contributed by atoms with Crippen molar-refractivity contribution in [2.24, 2.45) is 0 Å². The van der Waals surface area contributed by atoms with Gasteiger partial charge in [0.2, 0.25) is 0 Å². The van der Waals surface area contributed by atoms with Crippen molar-refractivity contribution in [2.45, 2.75) is 105 Å². The Balaban J connectivity index is -0.0000000533. The van der Waals surface area contributed by atoms with Crippen LogP contribution < -0.4 is 0 Å². The molecule has 4 N–H and O–H groups in total. The molecule has 0 aromatic heterocycles. The summed E-state index contributed by atoms with van der Waals surface area (Å²) in [6.45, 7) is 14.9. The molecule has 0 rings (SSSR count). The van der Waals surface area contributed by atoms with E-state index in [0.717, 1.165) is 25.7 Å². The molecular formula is C16H43InO4. The predicted octanol–water partition coefficient (Wildman–Crippen LogP) is 1.92. The molecule has 4 unspecified atom stereocenters. The Labute approximate surface area is 151 Å². The van der Waals surface area contributed by atoms with Crippen LogP contribution in [-0.4, -0.2) is 70.7 Å². The second-order valence-electron chi connectivity index (χ2n) is 5.03. The molecule has 0 fully saturated rings. The van der Waals surface area contributed by atoms with Crippen LogP contribution in [0, 0.1) is 0 Å². The van der Waals surface area contributed by atoms with Crippen LogP contribution >= 0.6 is 0 Å². The van der Waals surface area contributed by atoms with Crippen molar-refractivity contribution >= 4 is 25.8 Å². The molecule has 0 spiro atoms. The summed E-state index contributed by atoms with van der Waals surface area (Å²) in [5.41, 5.74) is 0. The fraction of sp³-hybridized carbons (Fsp3) is 1.00. The van der Waals surface area contributed by atoms with Crippen LogP contribution in [-0.2, 0) is 0 Å². The first-order chi connectivity index (χ1) is 9.08. The normalized spacial score (nSPS) is 14.3. The maximum absolute atomic E-state index is 8.36. The van der Waals surface area contributed by atoms with E-state index in [4.69, 9.17) is 20.4 Å². The quantitative estimate of drug-likeness (QED) is 0.567. The van der Waals surface area contributed by atoms with Gasteiger partial charge in [0.25, 0.3) is 0 Å². The monoisotopic (exact) mass is 414 g/mol. The van der Waals surface area contributed by atoms with Gasteiger partial charge in [-0.15, -0.1) is 0 Å². The van der Waals surface area contributed by atoms with Crippen molar-refractivity contribution in [2.75, 3.05) is 0 Å². The third-order valence-corrected chi connectivity index (χ3v) is 2.36. The van der Waals surface area contributed by atoms with Crippen molar-refractivity contribution < 1.29 is 20.4 Å². The van der Waals surface area contributed by atoms with Crippen LogP contribution in [0.2, 0.25) is 0 Å². The molecule has 134 valence electrons. The Kier molecular flexibility index (Phi) is 45.8. The predicted molar refractivity (Wildman–Crippen MR) is 97.8 cm³/mol. The average Bonchev–Trinajstić information content (AvgIpc) is 2.40. The number of aliphatic hydroxyl groups excluding tert-OH is 4. The maximum atomic E-state index is 8.36. The molecule has 0 aromatic rings. The van der Waals surface area contributed by atoms with Gasteiger partial charge >= 0.3 is 25.8 Å². The summed E-state index contributed by atoms with van der Waals surface area (Å²) in [4.78, 5) is 0.